The van der Waals surface area contributed by atoms with Crippen LogP contribution >= 0.6 is 11.3 Å². The summed E-state index contributed by atoms with van der Waals surface area (Å²) >= 11 is 1.40. The second kappa shape index (κ2) is 5.65. The number of furan rings is 1. The third kappa shape index (κ3) is 2.41. The van der Waals surface area contributed by atoms with E-state index < -0.39 is 0 Å². The molecule has 0 fully saturated rings. The predicted molar refractivity (Wildman–Crippen MR) is 95.1 cm³/mol. The van der Waals surface area contributed by atoms with Crippen LogP contribution < -0.4 is 10.1 Å². The summed E-state index contributed by atoms with van der Waals surface area (Å²) < 4.78 is 11.8. The van der Waals surface area contributed by atoms with E-state index in [4.69, 9.17) is 9.15 Å². The summed E-state index contributed by atoms with van der Waals surface area (Å²) in [6.07, 6.45) is 0. The molecule has 120 valence electrons. The Morgan fingerprint density at radius 2 is 2.08 bits per heavy atom. The number of fused-ring (bicyclic) bond motifs is 2. The monoisotopic (exact) mass is 338 g/mol. The maximum atomic E-state index is 12.5. The first-order valence-corrected chi connectivity index (χ1v) is 8.21. The molecule has 2 aromatic carbocycles. The Hall–Kier alpha value is -2.86. The average Bonchev–Trinajstić information content (AvgIpc) is 3.15. The van der Waals surface area contributed by atoms with Crippen molar-refractivity contribution in [3.05, 3.63) is 53.8 Å². The van der Waals surface area contributed by atoms with E-state index in [0.717, 1.165) is 26.9 Å². The molecular formula is C18H14N2O3S. The van der Waals surface area contributed by atoms with E-state index >= 15 is 0 Å². The summed E-state index contributed by atoms with van der Waals surface area (Å²) in [5.74, 6) is 0.778. The molecule has 2 aromatic heterocycles. The minimum Gasteiger partial charge on any atom is -0.497 e. The van der Waals surface area contributed by atoms with Crippen molar-refractivity contribution in [1.29, 1.82) is 0 Å². The third-order valence-corrected chi connectivity index (χ3v) is 4.80. The number of ether oxygens (including phenoxy) is 1. The molecule has 0 saturated heterocycles. The number of hydrogen-bond acceptors (Lipinski definition) is 5. The maximum absolute atomic E-state index is 12.5. The summed E-state index contributed by atoms with van der Waals surface area (Å²) in [5, 5.41) is 4.29. The lowest BCUT2D eigenvalue weighted by Gasteiger charge is -1.98. The van der Waals surface area contributed by atoms with Crippen LogP contribution in [0.2, 0.25) is 0 Å². The van der Waals surface area contributed by atoms with E-state index in [9.17, 15) is 4.79 Å². The molecule has 0 unspecified atom stereocenters. The van der Waals surface area contributed by atoms with Crippen LogP contribution in [0.25, 0.3) is 21.2 Å². The van der Waals surface area contributed by atoms with Crippen molar-refractivity contribution in [3.63, 3.8) is 0 Å². The number of aryl methyl sites for hydroxylation is 1. The quantitative estimate of drug-likeness (QED) is 0.592. The Labute approximate surface area is 141 Å². The second-order valence-electron chi connectivity index (χ2n) is 5.36. The second-order valence-corrected chi connectivity index (χ2v) is 6.39. The van der Waals surface area contributed by atoms with Gasteiger partial charge in [0, 0.05) is 10.9 Å². The molecule has 2 heterocycles. The summed E-state index contributed by atoms with van der Waals surface area (Å²) in [6.45, 7) is 1.88. The molecule has 24 heavy (non-hydrogen) atoms. The maximum Gasteiger partial charge on any atom is 0.293 e. The van der Waals surface area contributed by atoms with Crippen LogP contribution in [0.5, 0.6) is 5.75 Å². The van der Waals surface area contributed by atoms with Crippen LogP contribution in [-0.2, 0) is 0 Å². The number of rotatable bonds is 3. The zero-order chi connectivity index (χ0) is 16.7. The lowest BCUT2D eigenvalue weighted by atomic mass is 10.1. The number of nitrogens with one attached hydrogen (secondary N) is 1. The minimum atomic E-state index is -0.297. The minimum absolute atomic E-state index is 0.297. The highest BCUT2D eigenvalue weighted by Gasteiger charge is 2.18. The molecular weight excluding hydrogens is 324 g/mol. The van der Waals surface area contributed by atoms with Crippen LogP contribution in [-0.4, -0.2) is 18.0 Å². The molecule has 4 aromatic rings. The normalized spacial score (nSPS) is 11.1. The molecule has 0 spiro atoms. The molecule has 1 N–H and O–H groups in total. The largest absolute Gasteiger partial charge is 0.497 e. The number of anilines is 1. The molecule has 4 rings (SSSR count). The van der Waals surface area contributed by atoms with Crippen LogP contribution in [0.15, 0.2) is 46.9 Å². The number of methoxy groups -OCH3 is 1. The van der Waals surface area contributed by atoms with Crippen molar-refractivity contribution in [2.24, 2.45) is 0 Å². The number of carbonyl (C=O) groups is 1. The Kier molecular flexibility index (Phi) is 3.46. The number of amides is 1. The van der Waals surface area contributed by atoms with E-state index in [1.165, 1.54) is 11.3 Å². The first-order valence-electron chi connectivity index (χ1n) is 7.40. The first kappa shape index (κ1) is 14.7. The average molecular weight is 338 g/mol. The topological polar surface area (TPSA) is 64.4 Å². The highest BCUT2D eigenvalue weighted by molar-refractivity contribution is 7.22. The van der Waals surface area contributed by atoms with Crippen molar-refractivity contribution in [2.75, 3.05) is 12.4 Å². The van der Waals surface area contributed by atoms with Gasteiger partial charge >= 0.3 is 0 Å². The van der Waals surface area contributed by atoms with Gasteiger partial charge in [-0.3, -0.25) is 10.1 Å². The number of carbonyl (C=O) groups excluding carboxylic acids is 1. The van der Waals surface area contributed by atoms with Crippen molar-refractivity contribution in [1.82, 2.24) is 4.98 Å². The van der Waals surface area contributed by atoms with E-state index in [1.807, 2.05) is 49.4 Å². The third-order valence-electron chi connectivity index (χ3n) is 3.87. The highest BCUT2D eigenvalue weighted by atomic mass is 32.1. The van der Waals surface area contributed by atoms with Crippen LogP contribution in [0.3, 0.4) is 0 Å². The Bertz CT molecular complexity index is 1060. The number of aromatic nitrogens is 1. The Morgan fingerprint density at radius 3 is 2.88 bits per heavy atom. The summed E-state index contributed by atoms with van der Waals surface area (Å²) in [6, 6.07) is 13.2. The zero-order valence-electron chi connectivity index (χ0n) is 13.1. The van der Waals surface area contributed by atoms with Gasteiger partial charge in [0.1, 0.15) is 11.3 Å². The number of nitrogens with zero attached hydrogens (tertiary/aromatic N) is 1. The van der Waals surface area contributed by atoms with Crippen molar-refractivity contribution >= 4 is 43.6 Å². The smallest absolute Gasteiger partial charge is 0.293 e. The van der Waals surface area contributed by atoms with E-state index in [1.54, 1.807) is 7.11 Å². The number of para-hydroxylation sites is 1. The number of hydrogen-bond donors (Lipinski definition) is 1. The highest BCUT2D eigenvalue weighted by Crippen LogP contribution is 2.30. The summed E-state index contributed by atoms with van der Waals surface area (Å²) in [7, 11) is 1.62. The lowest BCUT2D eigenvalue weighted by molar-refractivity contribution is 0.0998. The first-order chi connectivity index (χ1) is 11.7. The van der Waals surface area contributed by atoms with Gasteiger partial charge in [-0.1, -0.05) is 29.5 Å². The van der Waals surface area contributed by atoms with Gasteiger partial charge in [-0.05, 0) is 31.2 Å². The van der Waals surface area contributed by atoms with Gasteiger partial charge in [-0.2, -0.15) is 0 Å². The molecule has 6 heteroatoms. The fourth-order valence-corrected chi connectivity index (χ4v) is 3.52. The van der Waals surface area contributed by atoms with Crippen molar-refractivity contribution in [3.8, 4) is 5.75 Å². The molecule has 5 nitrogen and oxygen atoms in total. The lowest BCUT2D eigenvalue weighted by Crippen LogP contribution is -2.11. The molecule has 0 aliphatic heterocycles. The van der Waals surface area contributed by atoms with Gasteiger partial charge in [-0.15, -0.1) is 0 Å². The molecule has 0 bridgehead atoms. The molecule has 0 aliphatic rings. The van der Waals surface area contributed by atoms with E-state index in [2.05, 4.69) is 10.3 Å². The van der Waals surface area contributed by atoms with Crippen LogP contribution in [0, 0.1) is 6.92 Å². The van der Waals surface area contributed by atoms with E-state index in [0.29, 0.717) is 16.5 Å². The predicted octanol–water partition coefficient (Wildman–Crippen LogP) is 4.61. The molecule has 0 aliphatic carbocycles. The number of benzene rings is 2. The molecule has 0 radical (unpaired) electrons. The van der Waals surface area contributed by atoms with E-state index in [-0.39, 0.29) is 5.91 Å². The number of thiazole rings is 1. The summed E-state index contributed by atoms with van der Waals surface area (Å²) in [4.78, 5) is 17.0. The Morgan fingerprint density at radius 1 is 1.25 bits per heavy atom. The van der Waals surface area contributed by atoms with Crippen LogP contribution in [0.1, 0.15) is 16.1 Å². The van der Waals surface area contributed by atoms with Crippen LogP contribution in [0.4, 0.5) is 5.13 Å². The van der Waals surface area contributed by atoms with Crippen molar-refractivity contribution in [2.45, 2.75) is 6.92 Å². The Balaban J connectivity index is 1.66. The fraction of sp³-hybridized carbons (Fsp3) is 0.111. The van der Waals surface area contributed by atoms with Gasteiger partial charge in [0.15, 0.2) is 10.9 Å². The van der Waals surface area contributed by atoms with Gasteiger partial charge in [-0.25, -0.2) is 4.98 Å². The van der Waals surface area contributed by atoms with Crippen molar-refractivity contribution < 1.29 is 13.9 Å². The SMILES string of the molecule is COc1ccc2nc(NC(=O)c3oc4ccccc4c3C)sc2c1. The standard InChI is InChI=1S/C18H14N2O3S/c1-10-12-5-3-4-6-14(12)23-16(10)17(21)20-18-19-13-8-7-11(22-2)9-15(13)24-18/h3-9H,1-2H3,(H,19,20,21). The van der Waals surface area contributed by atoms with Gasteiger partial charge in [0.25, 0.3) is 5.91 Å². The summed E-state index contributed by atoms with van der Waals surface area (Å²) in [5.41, 5.74) is 2.34. The fourth-order valence-electron chi connectivity index (χ4n) is 2.63. The molecule has 0 atom stereocenters. The van der Waals surface area contributed by atoms with Gasteiger partial charge < -0.3 is 9.15 Å². The molecule has 0 saturated carbocycles. The van der Waals surface area contributed by atoms with Gasteiger partial charge in [0.05, 0.1) is 17.3 Å². The van der Waals surface area contributed by atoms with Gasteiger partial charge in [0.2, 0.25) is 0 Å². The zero-order valence-corrected chi connectivity index (χ0v) is 13.9. The molecule has 1 amide bonds.